The number of rotatable bonds is 5. The zero-order valence-corrected chi connectivity index (χ0v) is 14.3. The van der Waals surface area contributed by atoms with Crippen molar-refractivity contribution in [1.82, 2.24) is 15.3 Å². The fraction of sp³-hybridized carbons (Fsp3) is 0.211. The van der Waals surface area contributed by atoms with Crippen molar-refractivity contribution in [2.45, 2.75) is 19.4 Å². The molecule has 0 amide bonds. The van der Waals surface area contributed by atoms with Crippen molar-refractivity contribution in [2.24, 2.45) is 5.92 Å². The first-order valence-electron chi connectivity index (χ1n) is 8.17. The molecule has 25 heavy (non-hydrogen) atoms. The van der Waals surface area contributed by atoms with Gasteiger partial charge in [0.25, 0.3) is 0 Å². The third kappa shape index (κ3) is 3.20. The van der Waals surface area contributed by atoms with E-state index in [2.05, 4.69) is 27.9 Å². The topological polar surface area (TPSA) is 66.7 Å². The number of fused-ring (bicyclic) bond motifs is 1. The van der Waals surface area contributed by atoms with E-state index in [1.807, 2.05) is 12.1 Å². The van der Waals surface area contributed by atoms with E-state index >= 15 is 0 Å². The summed E-state index contributed by atoms with van der Waals surface area (Å²) in [4.78, 5) is 7.25. The lowest BCUT2D eigenvalue weighted by atomic mass is 10.1. The Hall–Kier alpha value is -2.53. The zero-order valence-electron chi connectivity index (χ0n) is 13.6. The molecule has 1 aliphatic rings. The van der Waals surface area contributed by atoms with Crippen molar-refractivity contribution >= 4 is 28.2 Å². The standard InChI is InChI=1S/C19H18ClFN4/c1-10(11-2-3-11)23-9-13-6-12-7-15(20)14(8-18(12)24-13)17-5-4-16(22)19(21)25-17/h4-8,11,23-24H,1-3,9,22H2. The minimum absolute atomic E-state index is 0.0186. The molecule has 128 valence electrons. The molecule has 0 unspecified atom stereocenters. The molecule has 6 heteroatoms. The van der Waals surface area contributed by atoms with E-state index in [0.29, 0.717) is 28.7 Å². The summed E-state index contributed by atoms with van der Waals surface area (Å²) >= 11 is 6.38. The summed E-state index contributed by atoms with van der Waals surface area (Å²) in [5.41, 5.74) is 9.69. The van der Waals surface area contributed by atoms with Crippen LogP contribution in [0.15, 0.2) is 42.6 Å². The van der Waals surface area contributed by atoms with Crippen LogP contribution < -0.4 is 11.1 Å². The second kappa shape index (κ2) is 6.08. The smallest absolute Gasteiger partial charge is 0.236 e. The van der Waals surface area contributed by atoms with Gasteiger partial charge in [0.15, 0.2) is 0 Å². The summed E-state index contributed by atoms with van der Waals surface area (Å²) in [7, 11) is 0. The Balaban J connectivity index is 1.63. The van der Waals surface area contributed by atoms with Crippen LogP contribution in [0.5, 0.6) is 0 Å². The number of hydrogen-bond donors (Lipinski definition) is 3. The highest BCUT2D eigenvalue weighted by atomic mass is 35.5. The van der Waals surface area contributed by atoms with Crippen LogP contribution in [0, 0.1) is 11.9 Å². The number of H-pyrrole nitrogens is 1. The zero-order chi connectivity index (χ0) is 17.6. The van der Waals surface area contributed by atoms with Gasteiger partial charge in [-0.1, -0.05) is 18.2 Å². The lowest BCUT2D eigenvalue weighted by molar-refractivity contribution is 0.590. The number of nitrogens with two attached hydrogens (primary N) is 1. The van der Waals surface area contributed by atoms with Gasteiger partial charge in [-0.25, -0.2) is 4.98 Å². The maximum atomic E-state index is 13.7. The Morgan fingerprint density at radius 3 is 2.88 bits per heavy atom. The summed E-state index contributed by atoms with van der Waals surface area (Å²) in [6.07, 6.45) is 2.45. The second-order valence-electron chi connectivity index (χ2n) is 6.44. The quantitative estimate of drug-likeness (QED) is 0.584. The van der Waals surface area contributed by atoms with Gasteiger partial charge in [0.05, 0.1) is 22.9 Å². The highest BCUT2D eigenvalue weighted by Gasteiger charge is 2.24. The maximum absolute atomic E-state index is 13.7. The first-order valence-corrected chi connectivity index (χ1v) is 8.55. The SMILES string of the molecule is C=C(NCc1cc2cc(Cl)c(-c3ccc(N)c(F)n3)cc2[nH]1)C1CC1. The number of halogens is 2. The Labute approximate surface area is 149 Å². The fourth-order valence-corrected chi connectivity index (χ4v) is 3.15. The fourth-order valence-electron chi connectivity index (χ4n) is 2.88. The maximum Gasteiger partial charge on any atom is 0.236 e. The van der Waals surface area contributed by atoms with Crippen molar-refractivity contribution in [3.63, 3.8) is 0 Å². The highest BCUT2D eigenvalue weighted by Crippen LogP contribution is 2.34. The number of benzene rings is 1. The lowest BCUT2D eigenvalue weighted by Gasteiger charge is -2.06. The van der Waals surface area contributed by atoms with Gasteiger partial charge in [-0.2, -0.15) is 4.39 Å². The highest BCUT2D eigenvalue weighted by molar-refractivity contribution is 6.34. The van der Waals surface area contributed by atoms with Crippen LogP contribution in [0.25, 0.3) is 22.2 Å². The average Bonchev–Trinajstić information content (AvgIpc) is 3.36. The molecule has 0 radical (unpaired) electrons. The molecule has 4 nitrogen and oxygen atoms in total. The molecule has 1 saturated carbocycles. The number of allylic oxidation sites excluding steroid dienone is 1. The molecule has 2 aromatic heterocycles. The molecule has 1 fully saturated rings. The number of pyridine rings is 1. The number of anilines is 1. The van der Waals surface area contributed by atoms with E-state index in [0.717, 1.165) is 22.3 Å². The van der Waals surface area contributed by atoms with E-state index in [9.17, 15) is 4.39 Å². The van der Waals surface area contributed by atoms with E-state index < -0.39 is 5.95 Å². The van der Waals surface area contributed by atoms with E-state index in [1.54, 1.807) is 6.07 Å². The third-order valence-electron chi connectivity index (χ3n) is 4.49. The number of aromatic nitrogens is 2. The van der Waals surface area contributed by atoms with E-state index in [4.69, 9.17) is 17.3 Å². The summed E-state index contributed by atoms with van der Waals surface area (Å²) < 4.78 is 13.7. The van der Waals surface area contributed by atoms with Crippen LogP contribution in [0.1, 0.15) is 18.5 Å². The van der Waals surface area contributed by atoms with E-state index in [-0.39, 0.29) is 5.69 Å². The molecule has 4 rings (SSSR count). The van der Waals surface area contributed by atoms with Gasteiger partial charge in [-0.15, -0.1) is 0 Å². The predicted octanol–water partition coefficient (Wildman–Crippen LogP) is 4.62. The lowest BCUT2D eigenvalue weighted by Crippen LogP contribution is -2.13. The van der Waals surface area contributed by atoms with Gasteiger partial charge in [0, 0.05) is 27.9 Å². The van der Waals surface area contributed by atoms with Crippen LogP contribution >= 0.6 is 11.6 Å². The molecule has 0 saturated heterocycles. The predicted molar refractivity (Wildman–Crippen MR) is 99.6 cm³/mol. The van der Waals surface area contributed by atoms with Gasteiger partial charge < -0.3 is 16.0 Å². The summed E-state index contributed by atoms with van der Waals surface area (Å²) in [5, 5.41) is 4.88. The van der Waals surface area contributed by atoms with Crippen molar-refractivity contribution < 1.29 is 4.39 Å². The Morgan fingerprint density at radius 1 is 1.36 bits per heavy atom. The Bertz CT molecular complexity index is 975. The second-order valence-corrected chi connectivity index (χ2v) is 6.85. The van der Waals surface area contributed by atoms with Gasteiger partial charge >= 0.3 is 0 Å². The summed E-state index contributed by atoms with van der Waals surface area (Å²) in [5.74, 6) is -0.0689. The van der Waals surface area contributed by atoms with Crippen LogP contribution in [0.4, 0.5) is 10.1 Å². The molecule has 4 N–H and O–H groups in total. The molecule has 0 spiro atoms. The first-order chi connectivity index (χ1) is 12.0. The largest absolute Gasteiger partial charge is 0.395 e. The summed E-state index contributed by atoms with van der Waals surface area (Å²) in [6.45, 7) is 4.76. The van der Waals surface area contributed by atoms with Gasteiger partial charge in [0.2, 0.25) is 5.95 Å². The minimum atomic E-state index is -0.691. The van der Waals surface area contributed by atoms with Gasteiger partial charge in [-0.3, -0.25) is 0 Å². The Kier molecular flexibility index (Phi) is 3.88. The van der Waals surface area contributed by atoms with Crippen molar-refractivity contribution in [2.75, 3.05) is 5.73 Å². The summed E-state index contributed by atoms with van der Waals surface area (Å²) in [6, 6.07) is 8.95. The molecular formula is C19H18ClFN4. The van der Waals surface area contributed by atoms with Crippen molar-refractivity contribution in [3.8, 4) is 11.3 Å². The minimum Gasteiger partial charge on any atom is -0.395 e. The average molecular weight is 357 g/mol. The number of nitrogens with zero attached hydrogens (tertiary/aromatic N) is 1. The number of nitrogens with one attached hydrogen (secondary N) is 2. The Morgan fingerprint density at radius 2 is 2.16 bits per heavy atom. The monoisotopic (exact) mass is 356 g/mol. The molecule has 1 aromatic carbocycles. The molecule has 0 atom stereocenters. The van der Waals surface area contributed by atoms with Gasteiger partial charge in [0.1, 0.15) is 0 Å². The molecule has 3 aromatic rings. The number of aromatic amines is 1. The molecule has 2 heterocycles. The van der Waals surface area contributed by atoms with Crippen LogP contribution in [0.3, 0.4) is 0 Å². The molecular weight excluding hydrogens is 339 g/mol. The van der Waals surface area contributed by atoms with Crippen LogP contribution in [-0.2, 0) is 6.54 Å². The van der Waals surface area contributed by atoms with E-state index in [1.165, 1.54) is 18.9 Å². The normalized spacial score (nSPS) is 14.0. The third-order valence-corrected chi connectivity index (χ3v) is 4.81. The van der Waals surface area contributed by atoms with Crippen molar-refractivity contribution in [3.05, 3.63) is 59.3 Å². The molecule has 1 aliphatic carbocycles. The first kappa shape index (κ1) is 16.0. The molecule has 0 aliphatic heterocycles. The number of nitrogen functional groups attached to an aromatic ring is 1. The van der Waals surface area contributed by atoms with Gasteiger partial charge in [-0.05, 0) is 49.1 Å². The van der Waals surface area contributed by atoms with Crippen molar-refractivity contribution in [1.29, 1.82) is 0 Å². The molecule has 0 bridgehead atoms. The number of hydrogen-bond acceptors (Lipinski definition) is 3. The van der Waals surface area contributed by atoms with Crippen LogP contribution in [0.2, 0.25) is 5.02 Å². The van der Waals surface area contributed by atoms with Crippen LogP contribution in [-0.4, -0.2) is 9.97 Å².